The molecule has 5 nitrogen and oxygen atoms in total. The summed E-state index contributed by atoms with van der Waals surface area (Å²) < 4.78 is 28.8. The van der Waals surface area contributed by atoms with Gasteiger partial charge in [-0.2, -0.15) is 5.26 Å². The number of alkyl halides is 1. The Morgan fingerprint density at radius 1 is 1.22 bits per heavy atom. The average Bonchev–Trinajstić information content (AvgIpc) is 2.94. The molecular formula is C30H26F2N4O. The first kappa shape index (κ1) is 24.5. The maximum absolute atomic E-state index is 15.0. The van der Waals surface area contributed by atoms with Crippen LogP contribution in [0.3, 0.4) is 0 Å². The minimum absolute atomic E-state index is 0.0659. The lowest BCUT2D eigenvalue weighted by Gasteiger charge is -2.40. The molecule has 0 saturated carbocycles. The molecule has 0 saturated heterocycles. The van der Waals surface area contributed by atoms with Crippen LogP contribution < -0.4 is 0 Å². The van der Waals surface area contributed by atoms with Crippen LogP contribution in [-0.4, -0.2) is 20.1 Å². The van der Waals surface area contributed by atoms with Crippen molar-refractivity contribution in [2.75, 3.05) is 0 Å². The summed E-state index contributed by atoms with van der Waals surface area (Å²) in [7, 11) is 0. The quantitative estimate of drug-likeness (QED) is 0.377. The van der Waals surface area contributed by atoms with E-state index >= 15 is 4.39 Å². The van der Waals surface area contributed by atoms with Crippen LogP contribution >= 0.6 is 0 Å². The molecule has 0 fully saturated rings. The van der Waals surface area contributed by atoms with Gasteiger partial charge in [0, 0.05) is 33.9 Å². The van der Waals surface area contributed by atoms with Crippen molar-refractivity contribution in [3.63, 3.8) is 0 Å². The molecule has 2 heterocycles. The molecule has 2 aliphatic carbocycles. The fraction of sp³-hybridized carbons (Fsp3) is 0.267. The number of hydrogen-bond acceptors (Lipinski definition) is 5. The van der Waals surface area contributed by atoms with Crippen molar-refractivity contribution in [3.05, 3.63) is 95.4 Å². The van der Waals surface area contributed by atoms with Gasteiger partial charge in [0.05, 0.1) is 34.2 Å². The van der Waals surface area contributed by atoms with E-state index in [1.165, 1.54) is 6.08 Å². The molecule has 0 radical (unpaired) electrons. The van der Waals surface area contributed by atoms with Gasteiger partial charge < -0.3 is 5.11 Å². The van der Waals surface area contributed by atoms with E-state index in [0.29, 0.717) is 41.0 Å². The van der Waals surface area contributed by atoms with Crippen molar-refractivity contribution in [1.82, 2.24) is 15.0 Å². The smallest absolute Gasteiger partial charge is 0.160 e. The summed E-state index contributed by atoms with van der Waals surface area (Å²) in [6.07, 6.45) is 4.20. The molecule has 0 amide bonds. The molecule has 3 aromatic rings. The third-order valence-corrected chi connectivity index (χ3v) is 7.62. The van der Waals surface area contributed by atoms with Crippen LogP contribution in [0.15, 0.2) is 72.8 Å². The molecule has 0 spiro atoms. The molecule has 2 aromatic heterocycles. The highest BCUT2D eigenvalue weighted by atomic mass is 19.1. The van der Waals surface area contributed by atoms with Crippen molar-refractivity contribution < 1.29 is 13.9 Å². The third kappa shape index (κ3) is 4.03. The van der Waals surface area contributed by atoms with Gasteiger partial charge in [0.2, 0.25) is 0 Å². The van der Waals surface area contributed by atoms with Gasteiger partial charge in [-0.1, -0.05) is 44.4 Å². The second-order valence-electron chi connectivity index (χ2n) is 9.52. The minimum atomic E-state index is -0.754. The van der Waals surface area contributed by atoms with E-state index in [2.05, 4.69) is 24.2 Å². The van der Waals surface area contributed by atoms with Crippen molar-refractivity contribution in [2.24, 2.45) is 11.8 Å². The van der Waals surface area contributed by atoms with E-state index in [9.17, 15) is 14.8 Å². The maximum Gasteiger partial charge on any atom is 0.160 e. The molecule has 0 aliphatic heterocycles. The van der Waals surface area contributed by atoms with Gasteiger partial charge in [0.25, 0.3) is 0 Å². The number of pyridine rings is 1. The Morgan fingerprint density at radius 3 is 2.70 bits per heavy atom. The van der Waals surface area contributed by atoms with Gasteiger partial charge in [-0.3, -0.25) is 0 Å². The molecule has 1 aromatic carbocycles. The number of rotatable bonds is 5. The van der Waals surface area contributed by atoms with Gasteiger partial charge in [-0.25, -0.2) is 23.7 Å². The standard InChI is InChI=1S/C30H26F2N4O/c1-4-19(25(32)5-2)27-22-11-10-20-16(3)29(37)17(15-33)12-23(20)28(22)36-30(35-27)24-13-18(14-31)34-26-9-7-6-8-21(24)26/h4-9,13,16,20,23,37H,1-2,10-12,14H2,3H3/b25-19-. The third-order valence-electron chi connectivity index (χ3n) is 7.62. The van der Waals surface area contributed by atoms with Gasteiger partial charge in [-0.15, -0.1) is 0 Å². The van der Waals surface area contributed by atoms with E-state index in [4.69, 9.17) is 9.97 Å². The zero-order valence-electron chi connectivity index (χ0n) is 20.5. The lowest BCUT2D eigenvalue weighted by molar-refractivity contribution is 0.198. The van der Waals surface area contributed by atoms with Crippen LogP contribution in [-0.2, 0) is 13.1 Å². The molecule has 0 bridgehead atoms. The molecule has 186 valence electrons. The Bertz CT molecular complexity index is 1550. The number of fused-ring (bicyclic) bond motifs is 4. The second-order valence-corrected chi connectivity index (χ2v) is 9.52. The SMILES string of the molecule is C=C/C(F)=C(\C=C)c1nc(-c2cc(CF)nc3ccccc23)nc2c1CCC1C(C)C(O)=C(C#N)CC21. The number of aromatic nitrogens is 3. The Labute approximate surface area is 214 Å². The topological polar surface area (TPSA) is 82.7 Å². The zero-order chi connectivity index (χ0) is 26.3. The highest BCUT2D eigenvalue weighted by Crippen LogP contribution is 2.50. The summed E-state index contributed by atoms with van der Waals surface area (Å²) in [4.78, 5) is 14.2. The number of aliphatic hydroxyl groups is 1. The van der Waals surface area contributed by atoms with E-state index in [1.54, 1.807) is 12.1 Å². The average molecular weight is 497 g/mol. The highest BCUT2D eigenvalue weighted by Gasteiger charge is 2.42. The number of nitriles is 1. The summed E-state index contributed by atoms with van der Waals surface area (Å²) in [6, 6.07) is 11.1. The number of para-hydroxylation sites is 1. The van der Waals surface area contributed by atoms with E-state index in [-0.39, 0.29) is 34.8 Å². The maximum atomic E-state index is 15.0. The van der Waals surface area contributed by atoms with Crippen LogP contribution in [0.25, 0.3) is 27.9 Å². The number of nitrogens with zero attached hydrogens (tertiary/aromatic N) is 4. The molecular weight excluding hydrogens is 470 g/mol. The van der Waals surface area contributed by atoms with Gasteiger partial charge >= 0.3 is 0 Å². The first-order valence-electron chi connectivity index (χ1n) is 12.2. The van der Waals surface area contributed by atoms with Crippen LogP contribution in [0, 0.1) is 23.2 Å². The van der Waals surface area contributed by atoms with E-state index in [1.807, 2.05) is 25.1 Å². The Morgan fingerprint density at radius 2 is 2.00 bits per heavy atom. The first-order valence-corrected chi connectivity index (χ1v) is 12.2. The van der Waals surface area contributed by atoms with Crippen molar-refractivity contribution in [3.8, 4) is 17.5 Å². The van der Waals surface area contributed by atoms with Crippen LogP contribution in [0.2, 0.25) is 0 Å². The number of hydrogen-bond donors (Lipinski definition) is 1. The summed E-state index contributed by atoms with van der Waals surface area (Å²) in [5, 5.41) is 21.1. The molecule has 3 atom stereocenters. The van der Waals surface area contributed by atoms with Gasteiger partial charge in [0.1, 0.15) is 18.3 Å². The summed E-state index contributed by atoms with van der Waals surface area (Å²) in [5.74, 6) is -0.391. The molecule has 3 unspecified atom stereocenters. The first-order chi connectivity index (χ1) is 17.9. The highest BCUT2D eigenvalue weighted by molar-refractivity contribution is 5.93. The normalized spacial score (nSPS) is 21.5. The predicted octanol–water partition coefficient (Wildman–Crippen LogP) is 7.24. The number of aliphatic hydroxyl groups excluding tert-OH is 1. The van der Waals surface area contributed by atoms with E-state index < -0.39 is 12.5 Å². The van der Waals surface area contributed by atoms with E-state index in [0.717, 1.165) is 29.1 Å². The summed E-state index contributed by atoms with van der Waals surface area (Å²) in [5.41, 5.74) is 3.93. The lowest BCUT2D eigenvalue weighted by atomic mass is 9.65. The molecule has 37 heavy (non-hydrogen) atoms. The van der Waals surface area contributed by atoms with Crippen molar-refractivity contribution >= 4 is 16.5 Å². The Kier molecular flexibility index (Phi) is 6.43. The summed E-state index contributed by atoms with van der Waals surface area (Å²) >= 11 is 0. The summed E-state index contributed by atoms with van der Waals surface area (Å²) in [6.45, 7) is 8.56. The van der Waals surface area contributed by atoms with Gasteiger partial charge in [0.15, 0.2) is 5.82 Å². The largest absolute Gasteiger partial charge is 0.511 e. The monoisotopic (exact) mass is 496 g/mol. The van der Waals surface area contributed by atoms with Crippen molar-refractivity contribution in [1.29, 1.82) is 5.26 Å². The Balaban J connectivity index is 1.83. The fourth-order valence-electron chi connectivity index (χ4n) is 5.77. The lowest BCUT2D eigenvalue weighted by Crippen LogP contribution is -2.33. The van der Waals surface area contributed by atoms with Crippen molar-refractivity contribution in [2.45, 2.75) is 38.8 Å². The molecule has 7 heteroatoms. The number of benzene rings is 1. The molecule has 2 aliphatic rings. The second kappa shape index (κ2) is 9.70. The Hall–Kier alpha value is -4.18. The minimum Gasteiger partial charge on any atom is -0.511 e. The van der Waals surface area contributed by atoms with Crippen LogP contribution in [0.4, 0.5) is 8.78 Å². The van der Waals surface area contributed by atoms with Crippen LogP contribution in [0.1, 0.15) is 48.3 Å². The number of halogens is 2. The molecule has 1 N–H and O–H groups in total. The van der Waals surface area contributed by atoms with Crippen LogP contribution in [0.5, 0.6) is 0 Å². The van der Waals surface area contributed by atoms with Gasteiger partial charge in [-0.05, 0) is 43.4 Å². The number of allylic oxidation sites excluding steroid dienone is 6. The fourth-order valence-corrected chi connectivity index (χ4v) is 5.77. The molecule has 5 rings (SSSR count). The zero-order valence-corrected chi connectivity index (χ0v) is 20.5. The predicted molar refractivity (Wildman–Crippen MR) is 140 cm³/mol.